The van der Waals surface area contributed by atoms with E-state index in [2.05, 4.69) is 42.6 Å². The molecule has 1 aliphatic heterocycles. The molecule has 5 nitrogen and oxygen atoms in total. The molecule has 2 heterocycles. The van der Waals surface area contributed by atoms with Crippen LogP contribution in [-0.2, 0) is 0 Å². The molecule has 1 fully saturated rings. The van der Waals surface area contributed by atoms with Gasteiger partial charge in [0.1, 0.15) is 5.82 Å². The van der Waals surface area contributed by atoms with Crippen molar-refractivity contribution in [3.8, 4) is 5.88 Å². The van der Waals surface area contributed by atoms with Crippen molar-refractivity contribution in [3.63, 3.8) is 0 Å². The molecule has 0 atom stereocenters. The summed E-state index contributed by atoms with van der Waals surface area (Å²) in [6, 6.07) is 3.87. The zero-order valence-electron chi connectivity index (χ0n) is 13.0. The minimum absolute atomic E-state index is 0.145. The number of nitrogens with two attached hydrogens (primary N) is 1. The molecular weight excluding hydrogens is 252 g/mol. The number of hydrogen-bond acceptors (Lipinski definition) is 5. The van der Waals surface area contributed by atoms with Gasteiger partial charge in [-0.1, -0.05) is 6.92 Å². The van der Waals surface area contributed by atoms with Gasteiger partial charge in [0.2, 0.25) is 5.88 Å². The fraction of sp³-hybridized carbons (Fsp3) is 0.667. The van der Waals surface area contributed by atoms with Crippen LogP contribution in [-0.4, -0.2) is 48.7 Å². The molecule has 0 amide bonds. The normalized spacial score (nSPS) is 19.1. The van der Waals surface area contributed by atoms with Crippen molar-refractivity contribution in [2.75, 3.05) is 43.9 Å². The number of likely N-dealkylation sites (N-methyl/N-ethyl adjacent to an activating group) is 1. The van der Waals surface area contributed by atoms with Crippen LogP contribution in [0, 0.1) is 0 Å². The second kappa shape index (κ2) is 5.87. The predicted octanol–water partition coefficient (Wildman–Crippen LogP) is 1.98. The molecule has 20 heavy (non-hydrogen) atoms. The van der Waals surface area contributed by atoms with Crippen LogP contribution in [0.4, 0.5) is 11.5 Å². The summed E-state index contributed by atoms with van der Waals surface area (Å²) >= 11 is 0. The van der Waals surface area contributed by atoms with E-state index in [-0.39, 0.29) is 5.54 Å². The van der Waals surface area contributed by atoms with Crippen LogP contribution in [0.1, 0.15) is 27.2 Å². The molecule has 2 N–H and O–H groups in total. The van der Waals surface area contributed by atoms with E-state index in [9.17, 15) is 0 Å². The average molecular weight is 278 g/mol. The maximum absolute atomic E-state index is 5.92. The molecular formula is C15H26N4O. The maximum atomic E-state index is 5.92. The van der Waals surface area contributed by atoms with Gasteiger partial charge in [-0.25, -0.2) is 0 Å². The first kappa shape index (κ1) is 14.9. The van der Waals surface area contributed by atoms with Crippen LogP contribution in [0.3, 0.4) is 0 Å². The summed E-state index contributed by atoms with van der Waals surface area (Å²) in [7, 11) is 2.17. The molecule has 2 rings (SSSR count). The van der Waals surface area contributed by atoms with Crippen LogP contribution < -0.4 is 15.4 Å². The number of hydrogen-bond donors (Lipinski definition) is 1. The van der Waals surface area contributed by atoms with E-state index in [0.717, 1.165) is 31.9 Å². The molecule has 1 aromatic rings. The van der Waals surface area contributed by atoms with Crippen LogP contribution in [0.5, 0.6) is 5.88 Å². The third-order valence-electron chi connectivity index (χ3n) is 3.96. The topological polar surface area (TPSA) is 54.6 Å². The summed E-state index contributed by atoms with van der Waals surface area (Å²) in [5.74, 6) is 1.51. The zero-order valence-corrected chi connectivity index (χ0v) is 13.0. The standard InChI is InChI=1S/C15H26N4O/c1-5-10-20-14-12(16)6-7-13(17-14)19-9-8-18(4)15(2,3)11-19/h6-7H,5,8-11,16H2,1-4H3. The maximum Gasteiger partial charge on any atom is 0.239 e. The Bertz CT molecular complexity index is 461. The molecule has 0 radical (unpaired) electrons. The van der Waals surface area contributed by atoms with Gasteiger partial charge >= 0.3 is 0 Å². The summed E-state index contributed by atoms with van der Waals surface area (Å²) in [4.78, 5) is 9.27. The highest BCUT2D eigenvalue weighted by Crippen LogP contribution is 2.27. The predicted molar refractivity (Wildman–Crippen MR) is 83.4 cm³/mol. The highest BCUT2D eigenvalue weighted by Gasteiger charge is 2.31. The molecule has 5 heteroatoms. The first-order valence-corrected chi connectivity index (χ1v) is 7.29. The monoisotopic (exact) mass is 278 g/mol. The molecule has 0 unspecified atom stereocenters. The number of anilines is 2. The van der Waals surface area contributed by atoms with Crippen molar-refractivity contribution >= 4 is 11.5 Å². The third-order valence-corrected chi connectivity index (χ3v) is 3.96. The van der Waals surface area contributed by atoms with Crippen molar-refractivity contribution in [3.05, 3.63) is 12.1 Å². The van der Waals surface area contributed by atoms with E-state index in [1.807, 2.05) is 12.1 Å². The quantitative estimate of drug-likeness (QED) is 0.912. The minimum Gasteiger partial charge on any atom is -0.476 e. The minimum atomic E-state index is 0.145. The number of piperazine rings is 1. The number of pyridine rings is 1. The molecule has 1 aliphatic rings. The Morgan fingerprint density at radius 2 is 2.10 bits per heavy atom. The van der Waals surface area contributed by atoms with Crippen molar-refractivity contribution < 1.29 is 4.74 Å². The van der Waals surface area contributed by atoms with E-state index in [1.54, 1.807) is 0 Å². The lowest BCUT2D eigenvalue weighted by Crippen LogP contribution is -2.57. The Morgan fingerprint density at radius 1 is 1.35 bits per heavy atom. The first-order valence-electron chi connectivity index (χ1n) is 7.29. The van der Waals surface area contributed by atoms with Crippen molar-refractivity contribution in [1.82, 2.24) is 9.88 Å². The molecule has 1 saturated heterocycles. The molecule has 0 aliphatic carbocycles. The van der Waals surface area contributed by atoms with Crippen LogP contribution >= 0.6 is 0 Å². The SMILES string of the molecule is CCCOc1nc(N2CCN(C)C(C)(C)C2)ccc1N. The second-order valence-corrected chi connectivity index (χ2v) is 6.07. The van der Waals surface area contributed by atoms with Gasteiger partial charge < -0.3 is 15.4 Å². The van der Waals surface area contributed by atoms with Crippen LogP contribution in [0.25, 0.3) is 0 Å². The van der Waals surface area contributed by atoms with Gasteiger partial charge in [0, 0.05) is 25.2 Å². The Labute approximate surface area is 121 Å². The molecule has 112 valence electrons. The number of nitrogen functional groups attached to an aromatic ring is 1. The average Bonchev–Trinajstić information content (AvgIpc) is 2.41. The summed E-state index contributed by atoms with van der Waals surface area (Å²) < 4.78 is 5.62. The van der Waals surface area contributed by atoms with Crippen LogP contribution in [0.2, 0.25) is 0 Å². The fourth-order valence-electron chi connectivity index (χ4n) is 2.37. The van der Waals surface area contributed by atoms with Gasteiger partial charge in [-0.2, -0.15) is 4.98 Å². The smallest absolute Gasteiger partial charge is 0.239 e. The summed E-state index contributed by atoms with van der Waals surface area (Å²) in [5, 5.41) is 0. The van der Waals surface area contributed by atoms with Crippen molar-refractivity contribution in [2.45, 2.75) is 32.7 Å². The van der Waals surface area contributed by atoms with E-state index >= 15 is 0 Å². The molecule has 0 bridgehead atoms. The van der Waals surface area contributed by atoms with E-state index in [0.29, 0.717) is 18.2 Å². The van der Waals surface area contributed by atoms with Gasteiger partial charge in [0.05, 0.1) is 12.3 Å². The largest absolute Gasteiger partial charge is 0.476 e. The van der Waals surface area contributed by atoms with E-state index < -0.39 is 0 Å². The van der Waals surface area contributed by atoms with Crippen molar-refractivity contribution in [2.24, 2.45) is 0 Å². The van der Waals surface area contributed by atoms with Gasteiger partial charge in [0.15, 0.2) is 0 Å². The lowest BCUT2D eigenvalue weighted by Gasteiger charge is -2.45. The number of ether oxygens (including phenoxy) is 1. The van der Waals surface area contributed by atoms with Gasteiger partial charge in [-0.05, 0) is 39.4 Å². The molecule has 0 aromatic carbocycles. The fourth-order valence-corrected chi connectivity index (χ4v) is 2.37. The summed E-state index contributed by atoms with van der Waals surface area (Å²) in [5.41, 5.74) is 6.67. The lowest BCUT2D eigenvalue weighted by molar-refractivity contribution is 0.138. The molecule has 0 saturated carbocycles. The molecule has 1 aromatic heterocycles. The highest BCUT2D eigenvalue weighted by atomic mass is 16.5. The summed E-state index contributed by atoms with van der Waals surface area (Å²) in [6.45, 7) is 10.2. The Balaban J connectivity index is 2.16. The molecule has 0 spiro atoms. The Hall–Kier alpha value is -1.49. The van der Waals surface area contributed by atoms with E-state index in [1.165, 1.54) is 0 Å². The van der Waals surface area contributed by atoms with Gasteiger partial charge in [-0.3, -0.25) is 4.90 Å². The zero-order chi connectivity index (χ0) is 14.8. The van der Waals surface area contributed by atoms with E-state index in [4.69, 9.17) is 10.5 Å². The number of aromatic nitrogens is 1. The van der Waals surface area contributed by atoms with Crippen molar-refractivity contribution in [1.29, 1.82) is 0 Å². The highest BCUT2D eigenvalue weighted by molar-refractivity contribution is 5.55. The third kappa shape index (κ3) is 3.15. The lowest BCUT2D eigenvalue weighted by atomic mass is 10.00. The Morgan fingerprint density at radius 3 is 2.75 bits per heavy atom. The van der Waals surface area contributed by atoms with Gasteiger partial charge in [-0.15, -0.1) is 0 Å². The number of nitrogens with zero attached hydrogens (tertiary/aromatic N) is 3. The van der Waals surface area contributed by atoms with Gasteiger partial charge in [0.25, 0.3) is 0 Å². The first-order chi connectivity index (χ1) is 9.44. The second-order valence-electron chi connectivity index (χ2n) is 6.07. The summed E-state index contributed by atoms with van der Waals surface area (Å²) in [6.07, 6.45) is 0.951. The Kier molecular flexibility index (Phi) is 4.38. The van der Waals surface area contributed by atoms with Crippen LogP contribution in [0.15, 0.2) is 12.1 Å². The number of rotatable bonds is 4.